The number of furan rings is 1. The van der Waals surface area contributed by atoms with Gasteiger partial charge in [0.05, 0.1) is 5.41 Å². The van der Waals surface area contributed by atoms with E-state index in [1.165, 1.54) is 55.6 Å². The van der Waals surface area contributed by atoms with Crippen LogP contribution in [0.3, 0.4) is 0 Å². The van der Waals surface area contributed by atoms with E-state index < -0.39 is 5.41 Å². The summed E-state index contributed by atoms with van der Waals surface area (Å²) in [6, 6.07) is 90.2. The van der Waals surface area contributed by atoms with Crippen molar-refractivity contribution in [2.24, 2.45) is 0 Å². The Bertz CT molecular complexity index is 3360. The first-order chi connectivity index (χ1) is 31.2. The van der Waals surface area contributed by atoms with Crippen LogP contribution in [0.1, 0.15) is 22.3 Å². The van der Waals surface area contributed by atoms with Crippen molar-refractivity contribution in [3.63, 3.8) is 0 Å². The Hall–Kier alpha value is -8.20. The minimum Gasteiger partial charge on any atom is -0.455 e. The van der Waals surface area contributed by atoms with Gasteiger partial charge in [-0.15, -0.1) is 0 Å². The van der Waals surface area contributed by atoms with Gasteiger partial charge in [-0.1, -0.05) is 206 Å². The molecule has 1 aromatic heterocycles. The molecule has 0 radical (unpaired) electrons. The quantitative estimate of drug-likeness (QED) is 0.152. The maximum Gasteiger partial charge on any atom is 0.143 e. The Balaban J connectivity index is 0.989. The van der Waals surface area contributed by atoms with Gasteiger partial charge in [-0.3, -0.25) is 0 Å². The molecule has 1 heterocycles. The van der Waals surface area contributed by atoms with Crippen LogP contribution < -0.4 is 4.90 Å². The molecule has 1 aliphatic rings. The van der Waals surface area contributed by atoms with Crippen molar-refractivity contribution in [2.75, 3.05) is 4.90 Å². The van der Waals surface area contributed by atoms with Crippen LogP contribution in [0.25, 0.3) is 66.4 Å². The largest absolute Gasteiger partial charge is 0.455 e. The van der Waals surface area contributed by atoms with Gasteiger partial charge in [0, 0.05) is 33.4 Å². The topological polar surface area (TPSA) is 16.4 Å². The van der Waals surface area contributed by atoms with E-state index in [1.807, 2.05) is 12.1 Å². The minimum absolute atomic E-state index is 0.511. The summed E-state index contributed by atoms with van der Waals surface area (Å²) in [6.07, 6.45) is 0. The van der Waals surface area contributed by atoms with Crippen molar-refractivity contribution in [3.05, 3.63) is 271 Å². The van der Waals surface area contributed by atoms with E-state index in [9.17, 15) is 0 Å². The summed E-state index contributed by atoms with van der Waals surface area (Å²) in [4.78, 5) is 2.36. The molecule has 10 aromatic carbocycles. The van der Waals surface area contributed by atoms with E-state index in [0.29, 0.717) is 0 Å². The molecule has 1 aliphatic carbocycles. The van der Waals surface area contributed by atoms with Crippen molar-refractivity contribution in [3.8, 4) is 44.5 Å². The van der Waals surface area contributed by atoms with Gasteiger partial charge in [-0.05, 0) is 104 Å². The standard InChI is InChI=1S/C61H41NO/c1-3-14-42(15-4-1)44-26-32-47(33-27-44)61(57-23-10-7-18-53(57)54-19-8-11-24-58(54)61)48-34-40-51(41-35-48)62(49-36-28-45(29-37-49)43-16-5-2-6-17-43)50-38-30-46(31-39-50)52-21-13-22-56-55-20-9-12-25-59(55)63-60(52)56/h1-41H. The van der Waals surface area contributed by atoms with Gasteiger partial charge < -0.3 is 9.32 Å². The Labute approximate surface area is 367 Å². The molecular formula is C61H41NO. The highest BCUT2D eigenvalue weighted by Gasteiger charge is 2.46. The number of hydrogen-bond acceptors (Lipinski definition) is 2. The number of hydrogen-bond donors (Lipinski definition) is 0. The predicted molar refractivity (Wildman–Crippen MR) is 262 cm³/mol. The molecule has 296 valence electrons. The fourth-order valence-corrected chi connectivity index (χ4v) is 10.1. The van der Waals surface area contributed by atoms with Crippen LogP contribution in [0.4, 0.5) is 17.1 Å². The molecular weight excluding hydrogens is 763 g/mol. The molecule has 0 aliphatic heterocycles. The Morgan fingerprint density at radius 3 is 1.25 bits per heavy atom. The SMILES string of the molecule is c1ccc(-c2ccc(N(c3ccc(-c4cccc5c4oc4ccccc45)cc3)c3ccc(C4(c5ccc(-c6ccccc6)cc5)c5ccccc5-c5ccccc54)cc3)cc2)cc1. The summed E-state index contributed by atoms with van der Waals surface area (Å²) < 4.78 is 6.45. The molecule has 0 unspecified atom stereocenters. The summed E-state index contributed by atoms with van der Waals surface area (Å²) in [6.45, 7) is 0. The molecule has 0 spiro atoms. The molecule has 0 saturated carbocycles. The average Bonchev–Trinajstić information content (AvgIpc) is 3.90. The monoisotopic (exact) mass is 803 g/mol. The third kappa shape index (κ3) is 6.02. The van der Waals surface area contributed by atoms with E-state index in [2.05, 4.69) is 241 Å². The first-order valence-corrected chi connectivity index (χ1v) is 21.7. The summed E-state index contributed by atoms with van der Waals surface area (Å²) in [5.74, 6) is 0. The lowest BCUT2D eigenvalue weighted by atomic mass is 9.67. The van der Waals surface area contributed by atoms with Gasteiger partial charge in [-0.25, -0.2) is 0 Å². The maximum absolute atomic E-state index is 6.45. The molecule has 0 N–H and O–H groups in total. The second-order valence-electron chi connectivity index (χ2n) is 16.4. The van der Waals surface area contributed by atoms with Gasteiger partial charge in [-0.2, -0.15) is 0 Å². The third-order valence-electron chi connectivity index (χ3n) is 13.0. The Morgan fingerprint density at radius 1 is 0.286 bits per heavy atom. The molecule has 11 aromatic rings. The molecule has 12 rings (SSSR count). The Morgan fingerprint density at radius 2 is 0.683 bits per heavy atom. The molecule has 0 bridgehead atoms. The molecule has 2 heteroatoms. The van der Waals surface area contributed by atoms with Gasteiger partial charge in [0.25, 0.3) is 0 Å². The van der Waals surface area contributed by atoms with E-state index >= 15 is 0 Å². The van der Waals surface area contributed by atoms with Gasteiger partial charge in [0.1, 0.15) is 11.2 Å². The number of rotatable bonds is 8. The highest BCUT2D eigenvalue weighted by molar-refractivity contribution is 6.09. The van der Waals surface area contributed by atoms with Crippen molar-refractivity contribution < 1.29 is 4.42 Å². The summed E-state index contributed by atoms with van der Waals surface area (Å²) in [5.41, 5.74) is 19.2. The second-order valence-corrected chi connectivity index (χ2v) is 16.4. The lowest BCUT2D eigenvalue weighted by Crippen LogP contribution is -2.28. The van der Waals surface area contributed by atoms with E-state index in [4.69, 9.17) is 4.42 Å². The lowest BCUT2D eigenvalue weighted by Gasteiger charge is -2.34. The zero-order chi connectivity index (χ0) is 41.7. The summed E-state index contributed by atoms with van der Waals surface area (Å²) >= 11 is 0. The maximum atomic E-state index is 6.45. The number of para-hydroxylation sites is 2. The average molecular weight is 804 g/mol. The number of benzene rings is 10. The summed E-state index contributed by atoms with van der Waals surface area (Å²) in [5, 5.41) is 2.26. The third-order valence-corrected chi connectivity index (χ3v) is 13.0. The predicted octanol–water partition coefficient (Wildman–Crippen LogP) is 16.4. The number of anilines is 3. The smallest absolute Gasteiger partial charge is 0.143 e. The molecule has 0 fully saturated rings. The summed E-state index contributed by atoms with van der Waals surface area (Å²) in [7, 11) is 0. The number of fused-ring (bicyclic) bond motifs is 6. The number of nitrogens with zero attached hydrogens (tertiary/aromatic N) is 1. The van der Waals surface area contributed by atoms with Crippen molar-refractivity contribution >= 4 is 39.0 Å². The van der Waals surface area contributed by atoms with Gasteiger partial charge >= 0.3 is 0 Å². The van der Waals surface area contributed by atoms with Crippen LogP contribution in [0.5, 0.6) is 0 Å². The van der Waals surface area contributed by atoms with Crippen LogP contribution in [0.2, 0.25) is 0 Å². The van der Waals surface area contributed by atoms with Crippen molar-refractivity contribution in [1.29, 1.82) is 0 Å². The fourth-order valence-electron chi connectivity index (χ4n) is 10.1. The van der Waals surface area contributed by atoms with E-state index in [1.54, 1.807) is 0 Å². The fraction of sp³-hybridized carbons (Fsp3) is 0.0164. The van der Waals surface area contributed by atoms with Crippen LogP contribution in [-0.2, 0) is 5.41 Å². The normalized spacial score (nSPS) is 12.6. The van der Waals surface area contributed by atoms with Crippen molar-refractivity contribution in [1.82, 2.24) is 0 Å². The van der Waals surface area contributed by atoms with E-state index in [0.717, 1.165) is 50.1 Å². The van der Waals surface area contributed by atoms with E-state index in [-0.39, 0.29) is 0 Å². The van der Waals surface area contributed by atoms with Crippen LogP contribution in [-0.4, -0.2) is 0 Å². The second kappa shape index (κ2) is 15.1. The minimum atomic E-state index is -0.511. The first-order valence-electron chi connectivity index (χ1n) is 21.7. The molecule has 0 amide bonds. The molecule has 63 heavy (non-hydrogen) atoms. The molecule has 0 atom stereocenters. The molecule has 0 saturated heterocycles. The zero-order valence-corrected chi connectivity index (χ0v) is 34.5. The van der Waals surface area contributed by atoms with Crippen LogP contribution in [0.15, 0.2) is 253 Å². The Kier molecular flexibility index (Phi) is 8.76. The molecule has 2 nitrogen and oxygen atoms in total. The van der Waals surface area contributed by atoms with Crippen LogP contribution in [0, 0.1) is 0 Å². The van der Waals surface area contributed by atoms with Crippen LogP contribution >= 0.6 is 0 Å². The van der Waals surface area contributed by atoms with Gasteiger partial charge in [0.2, 0.25) is 0 Å². The highest BCUT2D eigenvalue weighted by Crippen LogP contribution is 2.56. The zero-order valence-electron chi connectivity index (χ0n) is 34.5. The van der Waals surface area contributed by atoms with Crippen molar-refractivity contribution in [2.45, 2.75) is 5.41 Å². The van der Waals surface area contributed by atoms with Gasteiger partial charge in [0.15, 0.2) is 0 Å². The lowest BCUT2D eigenvalue weighted by molar-refractivity contribution is 0.670. The highest BCUT2D eigenvalue weighted by atomic mass is 16.3. The first kappa shape index (κ1) is 36.6.